The van der Waals surface area contributed by atoms with Gasteiger partial charge in [0.25, 0.3) is 0 Å². The number of hydrogen-bond donors (Lipinski definition) is 3. The minimum atomic E-state index is -0.327. The lowest BCUT2D eigenvalue weighted by Gasteiger charge is -2.34. The number of aliphatic hydroxyl groups is 1. The van der Waals surface area contributed by atoms with Crippen LogP contribution in [-0.2, 0) is 17.8 Å². The first-order chi connectivity index (χ1) is 18.6. The number of fused-ring (bicyclic) bond motifs is 2. The number of rotatable bonds is 8. The van der Waals surface area contributed by atoms with Crippen LogP contribution < -0.4 is 24.8 Å². The number of nitrogens with zero attached hydrogens (tertiary/aromatic N) is 2. The lowest BCUT2D eigenvalue weighted by Crippen LogP contribution is -2.47. The molecule has 3 N–H and O–H groups in total. The molecule has 0 unspecified atom stereocenters. The fourth-order valence-electron chi connectivity index (χ4n) is 4.88. The molecule has 2 heterocycles. The van der Waals surface area contributed by atoms with Crippen LogP contribution in [0.1, 0.15) is 38.8 Å². The van der Waals surface area contributed by atoms with E-state index in [4.69, 9.17) is 14.2 Å². The summed E-state index contributed by atoms with van der Waals surface area (Å²) in [5.74, 6) is 2.02. The smallest absolute Gasteiger partial charge is 0.319 e. The van der Waals surface area contributed by atoms with Gasteiger partial charge in [-0.15, -0.1) is 0 Å². The van der Waals surface area contributed by atoms with E-state index in [0.717, 1.165) is 17.1 Å². The largest absolute Gasteiger partial charge is 0.488 e. The van der Waals surface area contributed by atoms with Crippen molar-refractivity contribution in [2.24, 2.45) is 5.92 Å². The number of carbonyl (C=O) groups excluding carboxylic acids is 2. The molecule has 0 spiro atoms. The summed E-state index contributed by atoms with van der Waals surface area (Å²) in [7, 11) is 2.04. The van der Waals surface area contributed by atoms with Crippen LogP contribution in [0.2, 0.25) is 0 Å². The Bertz CT molecular complexity index is 1170. The minimum Gasteiger partial charge on any atom is -0.488 e. The van der Waals surface area contributed by atoms with Gasteiger partial charge < -0.3 is 34.9 Å². The Morgan fingerprint density at radius 3 is 2.62 bits per heavy atom. The zero-order valence-electron chi connectivity index (χ0n) is 23.4. The monoisotopic (exact) mass is 540 g/mol. The predicted octanol–water partition coefficient (Wildman–Crippen LogP) is 3.23. The molecule has 212 valence electrons. The van der Waals surface area contributed by atoms with E-state index in [1.807, 2.05) is 52.1 Å². The molecule has 0 aliphatic carbocycles. The molecule has 0 bridgehead atoms. The van der Waals surface area contributed by atoms with E-state index >= 15 is 0 Å². The van der Waals surface area contributed by atoms with E-state index in [-0.39, 0.29) is 55.9 Å². The Morgan fingerprint density at radius 1 is 1.13 bits per heavy atom. The van der Waals surface area contributed by atoms with Crippen LogP contribution in [-0.4, -0.2) is 78.6 Å². The zero-order valence-corrected chi connectivity index (χ0v) is 23.4. The second-order valence-electron chi connectivity index (χ2n) is 10.8. The molecule has 0 radical (unpaired) electrons. The van der Waals surface area contributed by atoms with Gasteiger partial charge >= 0.3 is 6.03 Å². The lowest BCUT2D eigenvalue weighted by molar-refractivity contribution is -0.134. The van der Waals surface area contributed by atoms with Gasteiger partial charge in [-0.05, 0) is 63.7 Å². The Balaban J connectivity index is 1.56. The summed E-state index contributed by atoms with van der Waals surface area (Å²) >= 11 is 0. The van der Waals surface area contributed by atoms with Crippen molar-refractivity contribution in [2.45, 2.75) is 58.8 Å². The van der Waals surface area contributed by atoms with Crippen molar-refractivity contribution in [1.29, 1.82) is 0 Å². The SMILES string of the molecule is CC(C)NC(=O)Nc1ccc2c(c1)CC(=O)N([C@H](C)CO)C[C@H](C)[C@@H](CN(C)Cc1ccc3c(c1)OCO3)O2. The van der Waals surface area contributed by atoms with E-state index in [2.05, 4.69) is 22.5 Å². The molecule has 2 aliphatic heterocycles. The first-order valence-electron chi connectivity index (χ1n) is 13.5. The summed E-state index contributed by atoms with van der Waals surface area (Å²) in [5, 5.41) is 15.5. The topological polar surface area (TPSA) is 113 Å². The number of benzene rings is 2. The van der Waals surface area contributed by atoms with Gasteiger partial charge in [-0.1, -0.05) is 13.0 Å². The molecule has 3 atom stereocenters. The molecular formula is C29H40N4O6. The molecule has 0 aromatic heterocycles. The van der Waals surface area contributed by atoms with Gasteiger partial charge in [-0.25, -0.2) is 4.79 Å². The van der Waals surface area contributed by atoms with Crippen LogP contribution in [0, 0.1) is 5.92 Å². The summed E-state index contributed by atoms with van der Waals surface area (Å²) in [6.45, 7) is 9.55. The molecule has 0 saturated carbocycles. The lowest BCUT2D eigenvalue weighted by atomic mass is 10.0. The Hall–Kier alpha value is -3.50. The van der Waals surface area contributed by atoms with Crippen LogP contribution in [0.3, 0.4) is 0 Å². The Labute approximate surface area is 230 Å². The van der Waals surface area contributed by atoms with Crippen molar-refractivity contribution >= 4 is 17.6 Å². The quantitative estimate of drug-likeness (QED) is 0.471. The number of anilines is 1. The van der Waals surface area contributed by atoms with E-state index in [1.54, 1.807) is 17.0 Å². The molecular weight excluding hydrogens is 500 g/mol. The number of nitrogens with one attached hydrogen (secondary N) is 2. The molecule has 2 aromatic rings. The van der Waals surface area contributed by atoms with Crippen molar-refractivity contribution in [3.8, 4) is 17.2 Å². The van der Waals surface area contributed by atoms with Crippen molar-refractivity contribution < 1.29 is 28.9 Å². The molecule has 4 rings (SSSR count). The molecule has 10 nitrogen and oxygen atoms in total. The van der Waals surface area contributed by atoms with E-state index < -0.39 is 0 Å². The third kappa shape index (κ3) is 7.33. The second kappa shape index (κ2) is 12.6. The average molecular weight is 541 g/mol. The first kappa shape index (κ1) is 28.5. The first-order valence-corrected chi connectivity index (χ1v) is 13.5. The van der Waals surface area contributed by atoms with Gasteiger partial charge in [0.05, 0.1) is 19.1 Å². The standard InChI is InChI=1S/C29H40N4O6/c1-18(2)30-29(36)31-23-7-9-24-22(11-23)12-28(35)33(20(4)16-34)13-19(3)27(39-24)15-32(5)14-21-6-8-25-26(10-21)38-17-37-25/h6-11,18-20,27,34H,12-17H2,1-5H3,(H2,30,31,36)/t19-,20+,27+/m0/s1. The highest BCUT2D eigenvalue weighted by Gasteiger charge is 2.31. The summed E-state index contributed by atoms with van der Waals surface area (Å²) in [4.78, 5) is 29.6. The molecule has 2 aliphatic rings. The van der Waals surface area contributed by atoms with E-state index in [0.29, 0.717) is 36.6 Å². The van der Waals surface area contributed by atoms with E-state index in [9.17, 15) is 14.7 Å². The second-order valence-corrected chi connectivity index (χ2v) is 10.8. The summed E-state index contributed by atoms with van der Waals surface area (Å²) in [6, 6.07) is 10.7. The highest BCUT2D eigenvalue weighted by Crippen LogP contribution is 2.33. The summed E-state index contributed by atoms with van der Waals surface area (Å²) in [6.07, 6.45) is -0.127. The van der Waals surface area contributed by atoms with Gasteiger partial charge in [-0.2, -0.15) is 0 Å². The normalized spacial score (nSPS) is 19.6. The van der Waals surface area contributed by atoms with Gasteiger partial charge in [0.2, 0.25) is 12.7 Å². The predicted molar refractivity (Wildman–Crippen MR) is 148 cm³/mol. The highest BCUT2D eigenvalue weighted by atomic mass is 16.7. The number of aliphatic hydroxyl groups excluding tert-OH is 1. The molecule has 0 saturated heterocycles. The third-order valence-electron chi connectivity index (χ3n) is 6.98. The van der Waals surface area contributed by atoms with E-state index in [1.165, 1.54) is 0 Å². The molecule has 2 aromatic carbocycles. The summed E-state index contributed by atoms with van der Waals surface area (Å²) < 4.78 is 17.5. The minimum absolute atomic E-state index is 0.00631. The number of likely N-dealkylation sites (N-methyl/N-ethyl adjacent to an activating group) is 1. The maximum absolute atomic E-state index is 13.4. The van der Waals surface area contributed by atoms with Crippen LogP contribution in [0.15, 0.2) is 36.4 Å². The fourth-order valence-corrected chi connectivity index (χ4v) is 4.88. The number of hydrogen-bond acceptors (Lipinski definition) is 7. The molecule has 0 fully saturated rings. The Kier molecular flexibility index (Phi) is 9.19. The van der Waals surface area contributed by atoms with Crippen LogP contribution in [0.5, 0.6) is 17.2 Å². The van der Waals surface area contributed by atoms with Gasteiger partial charge in [0.15, 0.2) is 11.5 Å². The molecule has 10 heteroatoms. The number of amides is 3. The highest BCUT2D eigenvalue weighted by molar-refractivity contribution is 5.90. The fraction of sp³-hybridized carbons (Fsp3) is 0.517. The Morgan fingerprint density at radius 2 is 1.87 bits per heavy atom. The van der Waals surface area contributed by atoms with Gasteiger partial charge in [0, 0.05) is 42.8 Å². The maximum atomic E-state index is 13.4. The zero-order chi connectivity index (χ0) is 28.1. The third-order valence-corrected chi connectivity index (χ3v) is 6.98. The van der Waals surface area contributed by atoms with Gasteiger partial charge in [-0.3, -0.25) is 9.69 Å². The maximum Gasteiger partial charge on any atom is 0.319 e. The van der Waals surface area contributed by atoms with Gasteiger partial charge in [0.1, 0.15) is 11.9 Å². The van der Waals surface area contributed by atoms with Crippen LogP contribution in [0.4, 0.5) is 10.5 Å². The number of urea groups is 1. The van der Waals surface area contributed by atoms with Crippen molar-refractivity contribution in [3.63, 3.8) is 0 Å². The molecule has 39 heavy (non-hydrogen) atoms. The number of ether oxygens (including phenoxy) is 3. The van der Waals surface area contributed by atoms with Crippen LogP contribution >= 0.6 is 0 Å². The van der Waals surface area contributed by atoms with Crippen molar-refractivity contribution in [3.05, 3.63) is 47.5 Å². The van der Waals surface area contributed by atoms with Crippen molar-refractivity contribution in [1.82, 2.24) is 15.1 Å². The summed E-state index contributed by atoms with van der Waals surface area (Å²) in [5.41, 5.74) is 2.36. The molecule has 3 amide bonds. The van der Waals surface area contributed by atoms with Crippen molar-refractivity contribution in [2.75, 3.05) is 38.9 Å². The number of carbonyl (C=O) groups is 2. The average Bonchev–Trinajstić information content (AvgIpc) is 3.35. The van der Waals surface area contributed by atoms with Crippen LogP contribution in [0.25, 0.3) is 0 Å².